The van der Waals surface area contributed by atoms with Crippen LogP contribution in [0.5, 0.6) is 0 Å². The van der Waals surface area contributed by atoms with Crippen molar-refractivity contribution in [1.29, 1.82) is 0 Å². The van der Waals surface area contributed by atoms with Crippen molar-refractivity contribution in [2.24, 2.45) is 0 Å². The zero-order valence-corrected chi connectivity index (χ0v) is 21.1. The molecule has 0 atom stereocenters. The highest BCUT2D eigenvalue weighted by atomic mass is 32.2. The van der Waals surface area contributed by atoms with Crippen LogP contribution >= 0.6 is 11.8 Å². The van der Waals surface area contributed by atoms with Gasteiger partial charge in [-0.3, -0.25) is 14.4 Å². The summed E-state index contributed by atoms with van der Waals surface area (Å²) in [5.74, 6) is -0.428. The van der Waals surface area contributed by atoms with E-state index in [0.29, 0.717) is 22.6 Å². The summed E-state index contributed by atoms with van der Waals surface area (Å²) in [6.45, 7) is 1.96. The smallest absolute Gasteiger partial charge is 0.272 e. The normalized spacial score (nSPS) is 11.0. The summed E-state index contributed by atoms with van der Waals surface area (Å²) in [5.41, 5.74) is 3.69. The van der Waals surface area contributed by atoms with Crippen molar-refractivity contribution >= 4 is 41.1 Å². The Bertz CT molecular complexity index is 1420. The van der Waals surface area contributed by atoms with Crippen LogP contribution in [0.25, 0.3) is 6.08 Å². The van der Waals surface area contributed by atoms with Crippen molar-refractivity contribution in [3.8, 4) is 0 Å². The number of anilines is 1. The number of benzene rings is 4. The Balaban J connectivity index is 1.45. The van der Waals surface area contributed by atoms with Gasteiger partial charge in [0.15, 0.2) is 5.78 Å². The fraction of sp³-hybridized carbons (Fsp3) is 0.0645. The van der Waals surface area contributed by atoms with Gasteiger partial charge in [0.05, 0.1) is 5.75 Å². The topological polar surface area (TPSA) is 75.3 Å². The first-order chi connectivity index (χ1) is 18.0. The molecule has 0 aliphatic heterocycles. The second kappa shape index (κ2) is 12.5. The SMILES string of the molecule is Cc1cccc(/C=C(\NC(=O)c2ccccc2)C(=O)Nc2ccc(SCC(=O)c3ccccc3)cc2)c1. The summed E-state index contributed by atoms with van der Waals surface area (Å²) in [6, 6.07) is 32.9. The summed E-state index contributed by atoms with van der Waals surface area (Å²) >= 11 is 1.44. The van der Waals surface area contributed by atoms with Crippen molar-refractivity contribution < 1.29 is 14.4 Å². The van der Waals surface area contributed by atoms with E-state index in [1.165, 1.54) is 11.8 Å². The second-order valence-electron chi connectivity index (χ2n) is 8.35. The molecule has 0 aliphatic rings. The molecule has 5 nitrogen and oxygen atoms in total. The quantitative estimate of drug-likeness (QED) is 0.157. The molecule has 0 aromatic heterocycles. The monoisotopic (exact) mass is 506 g/mol. The van der Waals surface area contributed by atoms with Gasteiger partial charge in [-0.1, -0.05) is 78.4 Å². The van der Waals surface area contributed by atoms with Crippen molar-refractivity contribution in [1.82, 2.24) is 5.32 Å². The molecule has 0 bridgehead atoms. The van der Waals surface area contributed by atoms with Gasteiger partial charge in [0.25, 0.3) is 11.8 Å². The molecule has 0 saturated heterocycles. The van der Waals surface area contributed by atoms with Crippen LogP contribution in [-0.4, -0.2) is 23.4 Å². The largest absolute Gasteiger partial charge is 0.321 e. The lowest BCUT2D eigenvalue weighted by Gasteiger charge is -2.12. The highest BCUT2D eigenvalue weighted by Gasteiger charge is 2.15. The Labute approximate surface area is 220 Å². The third-order valence-electron chi connectivity index (χ3n) is 5.46. The lowest BCUT2D eigenvalue weighted by molar-refractivity contribution is -0.113. The van der Waals surface area contributed by atoms with E-state index in [9.17, 15) is 14.4 Å². The van der Waals surface area contributed by atoms with Gasteiger partial charge in [-0.2, -0.15) is 0 Å². The van der Waals surface area contributed by atoms with Crippen LogP contribution in [0.2, 0.25) is 0 Å². The first-order valence-corrected chi connectivity index (χ1v) is 12.7. The highest BCUT2D eigenvalue weighted by Crippen LogP contribution is 2.22. The fourth-order valence-electron chi connectivity index (χ4n) is 3.56. The fourth-order valence-corrected chi connectivity index (χ4v) is 4.35. The Morgan fingerprint density at radius 3 is 2.05 bits per heavy atom. The molecular weight excluding hydrogens is 480 g/mol. The first-order valence-electron chi connectivity index (χ1n) is 11.8. The molecule has 0 saturated carbocycles. The molecule has 4 aromatic carbocycles. The molecule has 184 valence electrons. The Morgan fingerprint density at radius 1 is 0.757 bits per heavy atom. The molecule has 0 aliphatic carbocycles. The van der Waals surface area contributed by atoms with Gasteiger partial charge >= 0.3 is 0 Å². The Morgan fingerprint density at radius 2 is 1.41 bits per heavy atom. The van der Waals surface area contributed by atoms with Crippen LogP contribution in [0.15, 0.2) is 120 Å². The van der Waals surface area contributed by atoms with Crippen LogP contribution in [0.4, 0.5) is 5.69 Å². The number of hydrogen-bond donors (Lipinski definition) is 2. The van der Waals surface area contributed by atoms with E-state index in [1.54, 1.807) is 54.6 Å². The van der Waals surface area contributed by atoms with Crippen molar-refractivity contribution in [3.63, 3.8) is 0 Å². The molecule has 4 aromatic rings. The molecule has 4 rings (SSSR count). The van der Waals surface area contributed by atoms with E-state index >= 15 is 0 Å². The number of hydrogen-bond acceptors (Lipinski definition) is 4. The Kier molecular flexibility index (Phi) is 8.68. The van der Waals surface area contributed by atoms with Crippen LogP contribution in [0, 0.1) is 6.92 Å². The van der Waals surface area contributed by atoms with E-state index in [2.05, 4.69) is 10.6 Å². The van der Waals surface area contributed by atoms with Crippen molar-refractivity contribution in [2.75, 3.05) is 11.1 Å². The average molecular weight is 507 g/mol. The number of amides is 2. The number of carbonyl (C=O) groups is 3. The van der Waals surface area contributed by atoms with Crippen LogP contribution < -0.4 is 10.6 Å². The molecule has 0 unspecified atom stereocenters. The minimum absolute atomic E-state index is 0.0584. The molecule has 0 heterocycles. The number of Topliss-reactive ketones (excluding diaryl/α,β-unsaturated/α-hetero) is 1. The molecule has 2 N–H and O–H groups in total. The summed E-state index contributed by atoms with van der Waals surface area (Å²) in [6.07, 6.45) is 1.66. The summed E-state index contributed by atoms with van der Waals surface area (Å²) in [7, 11) is 0. The number of aryl methyl sites for hydroxylation is 1. The van der Waals surface area contributed by atoms with Gasteiger partial charge < -0.3 is 10.6 Å². The second-order valence-corrected chi connectivity index (χ2v) is 9.40. The van der Waals surface area contributed by atoms with E-state index in [1.807, 2.05) is 67.6 Å². The van der Waals surface area contributed by atoms with Crippen molar-refractivity contribution in [2.45, 2.75) is 11.8 Å². The number of rotatable bonds is 9. The Hall–Kier alpha value is -4.42. The summed E-state index contributed by atoms with van der Waals surface area (Å²) < 4.78 is 0. The minimum atomic E-state index is -0.439. The maximum atomic E-state index is 13.2. The lowest BCUT2D eigenvalue weighted by atomic mass is 10.1. The maximum absolute atomic E-state index is 13.2. The number of carbonyl (C=O) groups excluding carboxylic acids is 3. The summed E-state index contributed by atoms with van der Waals surface area (Å²) in [5, 5.41) is 5.60. The van der Waals surface area contributed by atoms with Crippen LogP contribution in [0.1, 0.15) is 31.8 Å². The predicted molar refractivity (Wildman–Crippen MR) is 150 cm³/mol. The van der Waals surface area contributed by atoms with Gasteiger partial charge in [-0.25, -0.2) is 0 Å². The standard InChI is InChI=1S/C31H26N2O3S/c1-22-9-8-10-23(19-22)20-28(33-30(35)25-13-6-3-7-14-25)31(36)32-26-15-17-27(18-16-26)37-21-29(34)24-11-4-2-5-12-24/h2-20H,21H2,1H3,(H,32,36)(H,33,35)/b28-20-. The first kappa shape index (κ1) is 25.7. The van der Waals surface area contributed by atoms with E-state index in [0.717, 1.165) is 16.0 Å². The highest BCUT2D eigenvalue weighted by molar-refractivity contribution is 8.00. The van der Waals surface area contributed by atoms with E-state index < -0.39 is 5.91 Å². The van der Waals surface area contributed by atoms with Crippen LogP contribution in [-0.2, 0) is 4.79 Å². The maximum Gasteiger partial charge on any atom is 0.272 e. The average Bonchev–Trinajstić information content (AvgIpc) is 2.93. The van der Waals surface area contributed by atoms with Gasteiger partial charge in [-0.15, -0.1) is 11.8 Å². The zero-order chi connectivity index (χ0) is 26.0. The summed E-state index contributed by atoms with van der Waals surface area (Å²) in [4.78, 5) is 39.2. The van der Waals surface area contributed by atoms with Crippen LogP contribution in [0.3, 0.4) is 0 Å². The van der Waals surface area contributed by atoms with E-state index in [-0.39, 0.29) is 17.4 Å². The number of nitrogens with one attached hydrogen (secondary N) is 2. The lowest BCUT2D eigenvalue weighted by Crippen LogP contribution is -2.30. The predicted octanol–water partition coefficient (Wildman–Crippen LogP) is 6.38. The number of ketones is 1. The minimum Gasteiger partial charge on any atom is -0.321 e. The van der Waals surface area contributed by atoms with Gasteiger partial charge in [0.2, 0.25) is 0 Å². The van der Waals surface area contributed by atoms with Crippen molar-refractivity contribution in [3.05, 3.63) is 137 Å². The third kappa shape index (κ3) is 7.53. The molecule has 6 heteroatoms. The van der Waals surface area contributed by atoms with E-state index in [4.69, 9.17) is 0 Å². The van der Waals surface area contributed by atoms with Gasteiger partial charge in [0, 0.05) is 21.7 Å². The molecule has 0 spiro atoms. The molecular formula is C31H26N2O3S. The molecule has 37 heavy (non-hydrogen) atoms. The third-order valence-corrected chi connectivity index (χ3v) is 6.47. The number of thioether (sulfide) groups is 1. The van der Waals surface area contributed by atoms with Gasteiger partial charge in [-0.05, 0) is 55.0 Å². The molecule has 2 amide bonds. The zero-order valence-electron chi connectivity index (χ0n) is 20.3. The molecule has 0 radical (unpaired) electrons. The van der Waals surface area contributed by atoms with Gasteiger partial charge in [0.1, 0.15) is 5.70 Å². The molecule has 0 fully saturated rings.